The molecular formula is C18H19NO5. The van der Waals surface area contributed by atoms with Crippen LogP contribution in [0.4, 0.5) is 5.69 Å². The van der Waals surface area contributed by atoms with E-state index in [9.17, 15) is 9.59 Å². The fourth-order valence-corrected chi connectivity index (χ4v) is 1.96. The molecule has 1 amide bonds. The van der Waals surface area contributed by atoms with E-state index in [0.29, 0.717) is 36.8 Å². The van der Waals surface area contributed by atoms with Crippen LogP contribution in [0.15, 0.2) is 48.5 Å². The van der Waals surface area contributed by atoms with Gasteiger partial charge in [-0.1, -0.05) is 0 Å². The number of ether oxygens (including phenoxy) is 2. The zero-order valence-electron chi connectivity index (χ0n) is 13.3. The molecule has 0 fully saturated rings. The van der Waals surface area contributed by atoms with Crippen molar-refractivity contribution in [3.63, 3.8) is 0 Å². The Morgan fingerprint density at radius 1 is 0.958 bits per heavy atom. The molecule has 0 bridgehead atoms. The number of aromatic carboxylic acids is 1. The van der Waals surface area contributed by atoms with Crippen LogP contribution in [0.5, 0.6) is 5.75 Å². The van der Waals surface area contributed by atoms with Crippen molar-refractivity contribution in [1.82, 2.24) is 0 Å². The van der Waals surface area contributed by atoms with Crippen LogP contribution in [0.2, 0.25) is 0 Å². The molecule has 2 rings (SSSR count). The third-order valence-electron chi connectivity index (χ3n) is 3.21. The van der Waals surface area contributed by atoms with Gasteiger partial charge in [-0.25, -0.2) is 4.79 Å². The first-order valence-electron chi connectivity index (χ1n) is 7.55. The average Bonchev–Trinajstić information content (AvgIpc) is 2.59. The molecule has 0 saturated heterocycles. The van der Waals surface area contributed by atoms with E-state index in [1.54, 1.807) is 36.4 Å². The molecule has 2 aromatic rings. The maximum absolute atomic E-state index is 12.2. The van der Waals surface area contributed by atoms with E-state index in [1.807, 2.05) is 6.92 Å². The van der Waals surface area contributed by atoms with E-state index < -0.39 is 5.97 Å². The topological polar surface area (TPSA) is 84.9 Å². The molecule has 0 heterocycles. The van der Waals surface area contributed by atoms with E-state index in [0.717, 1.165) is 0 Å². The van der Waals surface area contributed by atoms with Crippen molar-refractivity contribution in [2.24, 2.45) is 0 Å². The zero-order valence-corrected chi connectivity index (χ0v) is 13.3. The molecule has 6 heteroatoms. The average molecular weight is 329 g/mol. The second kappa shape index (κ2) is 8.69. The van der Waals surface area contributed by atoms with Crippen LogP contribution in [0, 0.1) is 0 Å². The summed E-state index contributed by atoms with van der Waals surface area (Å²) in [5.74, 6) is -0.621. The van der Waals surface area contributed by atoms with E-state index >= 15 is 0 Å². The fourth-order valence-electron chi connectivity index (χ4n) is 1.96. The molecule has 0 aliphatic rings. The first kappa shape index (κ1) is 17.5. The summed E-state index contributed by atoms with van der Waals surface area (Å²) in [6, 6.07) is 12.7. The second-order valence-electron chi connectivity index (χ2n) is 4.91. The first-order chi connectivity index (χ1) is 11.6. The highest BCUT2D eigenvalue weighted by atomic mass is 16.5. The maximum atomic E-state index is 12.2. The van der Waals surface area contributed by atoms with Crippen molar-refractivity contribution in [1.29, 1.82) is 0 Å². The number of anilines is 1. The van der Waals surface area contributed by atoms with Crippen LogP contribution in [0.1, 0.15) is 27.6 Å². The van der Waals surface area contributed by atoms with Crippen molar-refractivity contribution in [2.75, 3.05) is 25.1 Å². The Morgan fingerprint density at radius 2 is 1.58 bits per heavy atom. The number of nitrogens with one attached hydrogen (secondary N) is 1. The van der Waals surface area contributed by atoms with Gasteiger partial charge in [0.1, 0.15) is 12.4 Å². The largest absolute Gasteiger partial charge is 0.491 e. The molecule has 126 valence electrons. The summed E-state index contributed by atoms with van der Waals surface area (Å²) in [6.45, 7) is 3.54. The van der Waals surface area contributed by atoms with Crippen molar-refractivity contribution >= 4 is 17.6 Å². The van der Waals surface area contributed by atoms with Crippen LogP contribution in [-0.4, -0.2) is 36.8 Å². The predicted octanol–water partition coefficient (Wildman–Crippen LogP) is 3.05. The highest BCUT2D eigenvalue weighted by Crippen LogP contribution is 2.15. The molecule has 0 spiro atoms. The molecule has 0 aromatic heterocycles. The summed E-state index contributed by atoms with van der Waals surface area (Å²) < 4.78 is 10.7. The van der Waals surface area contributed by atoms with Crippen LogP contribution in [0.3, 0.4) is 0 Å². The Kier molecular flexibility index (Phi) is 6.33. The van der Waals surface area contributed by atoms with Gasteiger partial charge in [-0.2, -0.15) is 0 Å². The van der Waals surface area contributed by atoms with Gasteiger partial charge >= 0.3 is 5.97 Å². The van der Waals surface area contributed by atoms with Gasteiger partial charge in [0.2, 0.25) is 0 Å². The number of hydrogen-bond acceptors (Lipinski definition) is 4. The minimum Gasteiger partial charge on any atom is -0.491 e. The lowest BCUT2D eigenvalue weighted by molar-refractivity contribution is 0.0696. The molecule has 0 unspecified atom stereocenters. The predicted molar refractivity (Wildman–Crippen MR) is 89.8 cm³/mol. The number of rotatable bonds is 8. The normalized spacial score (nSPS) is 10.2. The molecule has 0 aliphatic heterocycles. The number of benzene rings is 2. The van der Waals surface area contributed by atoms with Crippen LogP contribution >= 0.6 is 0 Å². The van der Waals surface area contributed by atoms with E-state index in [4.69, 9.17) is 14.6 Å². The van der Waals surface area contributed by atoms with Crippen molar-refractivity contribution in [2.45, 2.75) is 6.92 Å². The van der Waals surface area contributed by atoms with Crippen molar-refractivity contribution in [3.05, 3.63) is 59.7 Å². The van der Waals surface area contributed by atoms with Crippen LogP contribution < -0.4 is 10.1 Å². The SMILES string of the molecule is CCOCCOc1ccc(C(=O)Nc2ccc(C(=O)O)cc2)cc1. The number of amides is 1. The molecule has 2 aromatic carbocycles. The lowest BCUT2D eigenvalue weighted by Gasteiger charge is -2.08. The minimum absolute atomic E-state index is 0.168. The lowest BCUT2D eigenvalue weighted by Crippen LogP contribution is -2.12. The Labute approximate surface area is 140 Å². The fraction of sp³-hybridized carbons (Fsp3) is 0.222. The van der Waals surface area contributed by atoms with Gasteiger partial charge in [-0.3, -0.25) is 4.79 Å². The number of hydrogen-bond donors (Lipinski definition) is 2. The molecular weight excluding hydrogens is 310 g/mol. The lowest BCUT2D eigenvalue weighted by atomic mass is 10.2. The molecule has 0 aliphatic carbocycles. The van der Waals surface area contributed by atoms with Gasteiger partial charge in [-0.05, 0) is 55.5 Å². The maximum Gasteiger partial charge on any atom is 0.335 e. The van der Waals surface area contributed by atoms with E-state index in [-0.39, 0.29) is 11.5 Å². The monoisotopic (exact) mass is 329 g/mol. The molecule has 0 saturated carbocycles. The third kappa shape index (κ3) is 5.10. The molecule has 0 atom stereocenters. The van der Waals surface area contributed by atoms with E-state index in [1.165, 1.54) is 12.1 Å². The third-order valence-corrected chi connectivity index (χ3v) is 3.21. The molecule has 0 radical (unpaired) electrons. The number of carboxylic acid groups (broad SMARTS) is 1. The zero-order chi connectivity index (χ0) is 17.4. The molecule has 24 heavy (non-hydrogen) atoms. The number of carboxylic acids is 1. The highest BCUT2D eigenvalue weighted by Gasteiger charge is 2.07. The van der Waals surface area contributed by atoms with Crippen molar-refractivity contribution < 1.29 is 24.2 Å². The summed E-state index contributed by atoms with van der Waals surface area (Å²) in [4.78, 5) is 22.9. The summed E-state index contributed by atoms with van der Waals surface area (Å²) in [7, 11) is 0. The minimum atomic E-state index is -1.01. The first-order valence-corrected chi connectivity index (χ1v) is 7.55. The number of carbonyl (C=O) groups excluding carboxylic acids is 1. The Bertz CT molecular complexity index is 680. The summed E-state index contributed by atoms with van der Waals surface area (Å²) in [6.07, 6.45) is 0. The van der Waals surface area contributed by atoms with Gasteiger partial charge < -0.3 is 19.9 Å². The van der Waals surface area contributed by atoms with Gasteiger partial charge in [0, 0.05) is 17.9 Å². The molecule has 6 nitrogen and oxygen atoms in total. The Hall–Kier alpha value is -2.86. The quantitative estimate of drug-likeness (QED) is 0.727. The molecule has 2 N–H and O–H groups in total. The Balaban J connectivity index is 1.91. The van der Waals surface area contributed by atoms with Gasteiger partial charge in [0.05, 0.1) is 12.2 Å². The van der Waals surface area contributed by atoms with E-state index in [2.05, 4.69) is 5.32 Å². The van der Waals surface area contributed by atoms with Crippen molar-refractivity contribution in [3.8, 4) is 5.75 Å². The smallest absolute Gasteiger partial charge is 0.335 e. The summed E-state index contributed by atoms with van der Waals surface area (Å²) in [5, 5.41) is 11.6. The van der Waals surface area contributed by atoms with Gasteiger partial charge in [0.25, 0.3) is 5.91 Å². The van der Waals surface area contributed by atoms with Gasteiger partial charge in [-0.15, -0.1) is 0 Å². The highest BCUT2D eigenvalue weighted by molar-refractivity contribution is 6.04. The summed E-state index contributed by atoms with van der Waals surface area (Å²) >= 11 is 0. The van der Waals surface area contributed by atoms with Gasteiger partial charge in [0.15, 0.2) is 0 Å². The number of carbonyl (C=O) groups is 2. The Morgan fingerprint density at radius 3 is 2.17 bits per heavy atom. The summed E-state index contributed by atoms with van der Waals surface area (Å²) in [5.41, 5.74) is 1.18. The standard InChI is InChI=1S/C18H19NO5/c1-2-23-11-12-24-16-9-5-13(6-10-16)17(20)19-15-7-3-14(4-8-15)18(21)22/h3-10H,2,11-12H2,1H3,(H,19,20)(H,21,22). The second-order valence-corrected chi connectivity index (χ2v) is 4.91. The van der Waals surface area contributed by atoms with Crippen LogP contribution in [-0.2, 0) is 4.74 Å². The van der Waals surface area contributed by atoms with Crippen LogP contribution in [0.25, 0.3) is 0 Å².